The number of rotatable bonds is 6. The lowest BCUT2D eigenvalue weighted by Crippen LogP contribution is -2.39. The van der Waals surface area contributed by atoms with Gasteiger partial charge in [-0.15, -0.1) is 0 Å². The van der Waals surface area contributed by atoms with Crippen LogP contribution >= 0.6 is 0 Å². The van der Waals surface area contributed by atoms with Crippen molar-refractivity contribution in [1.29, 1.82) is 0 Å². The SMILES string of the molecule is CCN(CC)S(=O)(=O)c1cccc(C(=O)N2CCCC(c3nc4ccccc4o3)C2)c1. The van der Waals surface area contributed by atoms with Gasteiger partial charge in [0, 0.05) is 31.7 Å². The summed E-state index contributed by atoms with van der Waals surface area (Å²) in [5.41, 5.74) is 1.94. The predicted molar refractivity (Wildman–Crippen MR) is 118 cm³/mol. The molecular weight excluding hydrogens is 414 g/mol. The molecule has 2 aromatic carbocycles. The number of hydrogen-bond donors (Lipinski definition) is 0. The van der Waals surface area contributed by atoms with Crippen LogP contribution in [0.1, 0.15) is 48.9 Å². The van der Waals surface area contributed by atoms with Gasteiger partial charge in [-0.1, -0.05) is 32.0 Å². The number of fused-ring (bicyclic) bond motifs is 1. The number of para-hydroxylation sites is 2. The first-order valence-corrected chi connectivity index (χ1v) is 12.1. The van der Waals surface area contributed by atoms with Crippen molar-refractivity contribution in [2.45, 2.75) is 37.5 Å². The molecule has 0 spiro atoms. The molecule has 0 N–H and O–H groups in total. The summed E-state index contributed by atoms with van der Waals surface area (Å²) in [5, 5.41) is 0. The second-order valence-corrected chi connectivity index (χ2v) is 9.67. The quantitative estimate of drug-likeness (QED) is 0.580. The number of nitrogens with zero attached hydrogens (tertiary/aromatic N) is 3. The average Bonchev–Trinajstić information content (AvgIpc) is 3.24. The Morgan fingerprint density at radius 2 is 1.94 bits per heavy atom. The van der Waals surface area contributed by atoms with E-state index in [1.807, 2.05) is 24.3 Å². The molecule has 8 heteroatoms. The minimum Gasteiger partial charge on any atom is -0.440 e. The van der Waals surface area contributed by atoms with Crippen molar-refractivity contribution in [2.24, 2.45) is 0 Å². The molecule has 0 saturated carbocycles. The zero-order valence-electron chi connectivity index (χ0n) is 17.8. The molecule has 0 aliphatic carbocycles. The van der Waals surface area contributed by atoms with Crippen LogP contribution in [0.5, 0.6) is 0 Å². The molecule has 1 atom stereocenters. The van der Waals surface area contributed by atoms with Gasteiger partial charge in [0.1, 0.15) is 5.52 Å². The summed E-state index contributed by atoms with van der Waals surface area (Å²) in [6.07, 6.45) is 1.74. The fraction of sp³-hybridized carbons (Fsp3) is 0.391. The highest BCUT2D eigenvalue weighted by molar-refractivity contribution is 7.89. The molecule has 7 nitrogen and oxygen atoms in total. The van der Waals surface area contributed by atoms with Gasteiger partial charge in [0.05, 0.1) is 10.8 Å². The number of amides is 1. The van der Waals surface area contributed by atoms with E-state index in [4.69, 9.17) is 4.42 Å². The number of sulfonamides is 1. The zero-order chi connectivity index (χ0) is 22.0. The number of likely N-dealkylation sites (tertiary alicyclic amines) is 1. The molecule has 4 rings (SSSR count). The maximum Gasteiger partial charge on any atom is 0.253 e. The number of carbonyl (C=O) groups excluding carboxylic acids is 1. The van der Waals surface area contributed by atoms with Gasteiger partial charge in [-0.2, -0.15) is 4.31 Å². The molecule has 1 unspecified atom stereocenters. The summed E-state index contributed by atoms with van der Waals surface area (Å²) in [6.45, 7) is 5.50. The van der Waals surface area contributed by atoms with Gasteiger partial charge in [-0.05, 0) is 43.2 Å². The number of benzene rings is 2. The van der Waals surface area contributed by atoms with E-state index in [9.17, 15) is 13.2 Å². The molecule has 164 valence electrons. The van der Waals surface area contributed by atoms with Crippen LogP contribution in [-0.2, 0) is 10.0 Å². The van der Waals surface area contributed by atoms with Crippen molar-refractivity contribution in [3.05, 3.63) is 60.0 Å². The number of oxazole rings is 1. The van der Waals surface area contributed by atoms with Crippen LogP contribution in [0.4, 0.5) is 0 Å². The summed E-state index contributed by atoms with van der Waals surface area (Å²) >= 11 is 0. The van der Waals surface area contributed by atoms with Gasteiger partial charge in [-0.3, -0.25) is 4.79 Å². The lowest BCUT2D eigenvalue weighted by atomic mass is 9.97. The highest BCUT2D eigenvalue weighted by Gasteiger charge is 2.29. The summed E-state index contributed by atoms with van der Waals surface area (Å²) in [4.78, 5) is 19.7. The van der Waals surface area contributed by atoms with Crippen molar-refractivity contribution in [3.8, 4) is 0 Å². The van der Waals surface area contributed by atoms with Gasteiger partial charge >= 0.3 is 0 Å². The van der Waals surface area contributed by atoms with E-state index in [0.717, 1.165) is 23.9 Å². The van der Waals surface area contributed by atoms with Crippen LogP contribution in [0.3, 0.4) is 0 Å². The molecule has 1 aliphatic heterocycles. The maximum absolute atomic E-state index is 13.2. The standard InChI is InChI=1S/C23H27N3O4S/c1-3-26(4-2)31(28,29)19-11-7-9-17(15-19)23(27)25-14-8-10-18(16-25)22-24-20-12-5-6-13-21(20)30-22/h5-7,9,11-13,15,18H,3-4,8,10,14,16H2,1-2H3. The van der Waals surface area contributed by atoms with Crippen molar-refractivity contribution in [1.82, 2.24) is 14.2 Å². The normalized spacial score (nSPS) is 17.4. The van der Waals surface area contributed by atoms with Crippen LogP contribution in [0, 0.1) is 0 Å². The van der Waals surface area contributed by atoms with Gasteiger partial charge in [-0.25, -0.2) is 13.4 Å². The second kappa shape index (κ2) is 8.80. The van der Waals surface area contributed by atoms with Gasteiger partial charge in [0.15, 0.2) is 11.5 Å². The van der Waals surface area contributed by atoms with E-state index in [1.165, 1.54) is 10.4 Å². The Bertz CT molecular complexity index is 1150. The molecule has 0 radical (unpaired) electrons. The lowest BCUT2D eigenvalue weighted by Gasteiger charge is -2.31. The fourth-order valence-corrected chi connectivity index (χ4v) is 5.62. The third-order valence-corrected chi connectivity index (χ3v) is 7.84. The van der Waals surface area contributed by atoms with E-state index in [2.05, 4.69) is 4.98 Å². The maximum atomic E-state index is 13.2. The molecule has 3 aromatic rings. The highest BCUT2D eigenvalue weighted by atomic mass is 32.2. The van der Waals surface area contributed by atoms with Crippen molar-refractivity contribution in [2.75, 3.05) is 26.2 Å². The minimum absolute atomic E-state index is 0.0210. The van der Waals surface area contributed by atoms with Gasteiger partial charge in [0.25, 0.3) is 5.91 Å². The average molecular weight is 442 g/mol. The molecule has 1 fully saturated rings. The van der Waals surface area contributed by atoms with Gasteiger partial charge in [0.2, 0.25) is 10.0 Å². The Kier molecular flexibility index (Phi) is 6.11. The van der Waals surface area contributed by atoms with E-state index in [0.29, 0.717) is 37.6 Å². The molecule has 2 heterocycles. The zero-order valence-corrected chi connectivity index (χ0v) is 18.6. The predicted octanol–water partition coefficient (Wildman–Crippen LogP) is 3.88. The third kappa shape index (κ3) is 4.22. The first-order chi connectivity index (χ1) is 14.9. The number of hydrogen-bond acceptors (Lipinski definition) is 5. The van der Waals surface area contributed by atoms with E-state index < -0.39 is 10.0 Å². The van der Waals surface area contributed by atoms with Crippen LogP contribution in [0.25, 0.3) is 11.1 Å². The molecular formula is C23H27N3O4S. The Labute approximate surface area is 182 Å². The Morgan fingerprint density at radius 3 is 2.68 bits per heavy atom. The number of carbonyl (C=O) groups is 1. The van der Waals surface area contributed by atoms with Crippen LogP contribution < -0.4 is 0 Å². The van der Waals surface area contributed by atoms with Crippen molar-refractivity contribution < 1.29 is 17.6 Å². The monoisotopic (exact) mass is 441 g/mol. The summed E-state index contributed by atoms with van der Waals surface area (Å²) in [5.74, 6) is 0.502. The molecule has 0 bridgehead atoms. The smallest absolute Gasteiger partial charge is 0.253 e. The Morgan fingerprint density at radius 1 is 1.16 bits per heavy atom. The molecule has 31 heavy (non-hydrogen) atoms. The van der Waals surface area contributed by atoms with Crippen molar-refractivity contribution >= 4 is 27.0 Å². The summed E-state index contributed by atoms with van der Waals surface area (Å²) in [6, 6.07) is 14.0. The Balaban J connectivity index is 1.55. The topological polar surface area (TPSA) is 83.7 Å². The van der Waals surface area contributed by atoms with Crippen molar-refractivity contribution in [3.63, 3.8) is 0 Å². The Hall–Kier alpha value is -2.71. The number of piperidine rings is 1. The fourth-order valence-electron chi connectivity index (χ4n) is 4.11. The second-order valence-electron chi connectivity index (χ2n) is 7.73. The van der Waals surface area contributed by atoms with E-state index in [-0.39, 0.29) is 16.7 Å². The number of aromatic nitrogens is 1. The molecule has 1 saturated heterocycles. The minimum atomic E-state index is -3.62. The summed E-state index contributed by atoms with van der Waals surface area (Å²) in [7, 11) is -3.62. The van der Waals surface area contributed by atoms with Gasteiger partial charge < -0.3 is 9.32 Å². The van der Waals surface area contributed by atoms with Crippen LogP contribution in [0.15, 0.2) is 57.8 Å². The largest absolute Gasteiger partial charge is 0.440 e. The third-order valence-electron chi connectivity index (χ3n) is 5.79. The molecule has 1 aromatic heterocycles. The van der Waals surface area contributed by atoms with Crippen LogP contribution in [0.2, 0.25) is 0 Å². The summed E-state index contributed by atoms with van der Waals surface area (Å²) < 4.78 is 33.0. The highest BCUT2D eigenvalue weighted by Crippen LogP contribution is 2.30. The van der Waals surface area contributed by atoms with E-state index in [1.54, 1.807) is 36.9 Å². The molecule has 1 amide bonds. The molecule has 1 aliphatic rings. The first kappa shape index (κ1) is 21.5. The first-order valence-electron chi connectivity index (χ1n) is 10.7. The van der Waals surface area contributed by atoms with E-state index >= 15 is 0 Å². The lowest BCUT2D eigenvalue weighted by molar-refractivity contribution is 0.0698. The van der Waals surface area contributed by atoms with Crippen LogP contribution in [-0.4, -0.2) is 54.7 Å².